The van der Waals surface area contributed by atoms with Crippen LogP contribution in [0.2, 0.25) is 0 Å². The lowest BCUT2D eigenvalue weighted by Gasteiger charge is -2.36. The summed E-state index contributed by atoms with van der Waals surface area (Å²) in [7, 11) is 6.39. The lowest BCUT2D eigenvalue weighted by Crippen LogP contribution is -2.50. The van der Waals surface area contributed by atoms with Crippen LogP contribution in [0.15, 0.2) is 36.4 Å². The van der Waals surface area contributed by atoms with E-state index in [0.717, 1.165) is 25.7 Å². The number of benzene rings is 2. The highest BCUT2D eigenvalue weighted by Crippen LogP contribution is 2.43. The van der Waals surface area contributed by atoms with Crippen LogP contribution < -0.4 is 19.5 Å². The maximum absolute atomic E-state index is 13.4. The molecular formula is C25H31F3N2O4. The van der Waals surface area contributed by atoms with Gasteiger partial charge in [-0.15, -0.1) is 0 Å². The molecule has 6 nitrogen and oxygen atoms in total. The van der Waals surface area contributed by atoms with Gasteiger partial charge < -0.3 is 24.4 Å². The van der Waals surface area contributed by atoms with Crippen LogP contribution in [0.5, 0.6) is 17.2 Å². The zero-order chi connectivity index (χ0) is 24.9. The van der Waals surface area contributed by atoms with E-state index in [2.05, 4.69) is 10.2 Å². The lowest BCUT2D eigenvalue weighted by atomic mass is 9.96. The quantitative estimate of drug-likeness (QED) is 0.553. The van der Waals surface area contributed by atoms with Gasteiger partial charge in [-0.25, -0.2) is 0 Å². The molecule has 0 saturated heterocycles. The summed E-state index contributed by atoms with van der Waals surface area (Å²) in [5.74, 6) is -0.640. The molecule has 3 rings (SSSR count). The summed E-state index contributed by atoms with van der Waals surface area (Å²) >= 11 is 0. The Hall–Kier alpha value is -2.94. The van der Waals surface area contributed by atoms with Gasteiger partial charge in [0, 0.05) is 12.1 Å². The van der Waals surface area contributed by atoms with Gasteiger partial charge in [0.25, 0.3) is 5.91 Å². The van der Waals surface area contributed by atoms with E-state index in [4.69, 9.17) is 14.2 Å². The minimum atomic E-state index is -4.63. The third-order valence-corrected chi connectivity index (χ3v) is 6.44. The fourth-order valence-electron chi connectivity index (χ4n) is 4.43. The molecule has 0 atom stereocenters. The zero-order valence-electron chi connectivity index (χ0n) is 19.9. The molecule has 0 unspecified atom stereocenters. The molecule has 1 aliphatic rings. The van der Waals surface area contributed by atoms with Crippen molar-refractivity contribution in [2.24, 2.45) is 0 Å². The van der Waals surface area contributed by atoms with Crippen LogP contribution in [0.3, 0.4) is 0 Å². The Bertz CT molecular complexity index is 977. The molecule has 0 aromatic heterocycles. The van der Waals surface area contributed by atoms with E-state index in [9.17, 15) is 18.0 Å². The van der Waals surface area contributed by atoms with Gasteiger partial charge in [-0.1, -0.05) is 25.0 Å². The van der Waals surface area contributed by atoms with Crippen molar-refractivity contribution in [3.63, 3.8) is 0 Å². The predicted octanol–water partition coefficient (Wildman–Crippen LogP) is 4.91. The maximum atomic E-state index is 13.4. The fourth-order valence-corrected chi connectivity index (χ4v) is 4.43. The van der Waals surface area contributed by atoms with Crippen molar-refractivity contribution in [2.75, 3.05) is 34.9 Å². The maximum Gasteiger partial charge on any atom is 0.423 e. The molecular weight excluding hydrogens is 449 g/mol. The molecule has 1 N–H and O–H groups in total. The van der Waals surface area contributed by atoms with E-state index in [1.165, 1.54) is 26.4 Å². The van der Waals surface area contributed by atoms with Crippen molar-refractivity contribution in [3.05, 3.63) is 53.1 Å². The molecule has 1 aliphatic carbocycles. The van der Waals surface area contributed by atoms with Crippen molar-refractivity contribution in [1.82, 2.24) is 10.2 Å². The molecule has 0 aliphatic heterocycles. The van der Waals surface area contributed by atoms with Crippen molar-refractivity contribution >= 4 is 5.91 Å². The second kappa shape index (κ2) is 10.5. The van der Waals surface area contributed by atoms with Gasteiger partial charge in [0.2, 0.25) is 0 Å². The van der Waals surface area contributed by atoms with E-state index in [1.807, 2.05) is 14.1 Å². The summed E-state index contributed by atoms with van der Waals surface area (Å²) in [4.78, 5) is 15.2. The Morgan fingerprint density at radius 1 is 1.03 bits per heavy atom. The number of carbonyl (C=O) groups excluding carboxylic acids is 1. The highest BCUT2D eigenvalue weighted by Gasteiger charge is 2.39. The van der Waals surface area contributed by atoms with Gasteiger partial charge in [-0.2, -0.15) is 13.2 Å². The van der Waals surface area contributed by atoms with Gasteiger partial charge in [0.1, 0.15) is 29.4 Å². The van der Waals surface area contributed by atoms with E-state index < -0.39 is 11.7 Å². The van der Waals surface area contributed by atoms with Gasteiger partial charge >= 0.3 is 6.18 Å². The molecule has 1 fully saturated rings. The van der Waals surface area contributed by atoms with E-state index in [0.29, 0.717) is 23.4 Å². The Morgan fingerprint density at radius 2 is 1.62 bits per heavy atom. The smallest absolute Gasteiger partial charge is 0.423 e. The molecule has 0 heterocycles. The number of hydrogen-bond acceptors (Lipinski definition) is 5. The minimum absolute atomic E-state index is 0.0567. The monoisotopic (exact) mass is 480 g/mol. The average molecular weight is 481 g/mol. The summed E-state index contributed by atoms with van der Waals surface area (Å²) in [5.41, 5.74) is -0.267. The molecule has 0 spiro atoms. The number of halogens is 3. The highest BCUT2D eigenvalue weighted by atomic mass is 19.4. The molecule has 34 heavy (non-hydrogen) atoms. The van der Waals surface area contributed by atoms with Gasteiger partial charge in [-0.3, -0.25) is 4.79 Å². The summed E-state index contributed by atoms with van der Waals surface area (Å²) in [5, 5.41) is 3.04. The van der Waals surface area contributed by atoms with Crippen LogP contribution in [0.25, 0.3) is 0 Å². The highest BCUT2D eigenvalue weighted by molar-refractivity contribution is 5.96. The summed E-state index contributed by atoms with van der Waals surface area (Å²) in [6, 6.07) is 9.31. The minimum Gasteiger partial charge on any atom is -0.496 e. The first kappa shape index (κ1) is 25.7. The molecule has 2 aromatic rings. The molecule has 0 bridgehead atoms. The molecule has 9 heteroatoms. The molecule has 186 valence electrons. The number of ether oxygens (including phenoxy) is 3. The predicted molar refractivity (Wildman–Crippen MR) is 123 cm³/mol. The largest absolute Gasteiger partial charge is 0.496 e. The van der Waals surface area contributed by atoms with Crippen molar-refractivity contribution < 1.29 is 32.2 Å². The molecule has 0 radical (unpaired) electrons. The lowest BCUT2D eigenvalue weighted by molar-refractivity contribution is -0.140. The number of methoxy groups -OCH3 is 2. The first-order chi connectivity index (χ1) is 16.1. The number of para-hydroxylation sites is 1. The van der Waals surface area contributed by atoms with Crippen molar-refractivity contribution in [3.8, 4) is 17.2 Å². The van der Waals surface area contributed by atoms with Crippen LogP contribution >= 0.6 is 0 Å². The molecule has 1 amide bonds. The Kier molecular flexibility index (Phi) is 7.97. The standard InChI is InChI=1S/C25H31F3N2O4/c1-30(2)24(11-7-8-12-24)16-29-23(31)18-9-5-6-10-19(18)34-15-17-13-20(32-3)22(25(26,27)28)21(14-17)33-4/h5-6,9-10,13-14H,7-8,11-12,15-16H2,1-4H3,(H,29,31). The first-order valence-electron chi connectivity index (χ1n) is 11.1. The SMILES string of the molecule is COc1cc(COc2ccccc2C(=O)NCC2(N(C)C)CCCC2)cc(OC)c1C(F)(F)F. The average Bonchev–Trinajstić information content (AvgIpc) is 3.30. The Morgan fingerprint density at radius 3 is 2.15 bits per heavy atom. The Balaban J connectivity index is 1.76. The van der Waals surface area contributed by atoms with Crippen LogP contribution in [0.1, 0.15) is 47.2 Å². The van der Waals surface area contributed by atoms with Crippen LogP contribution in [-0.4, -0.2) is 51.2 Å². The number of nitrogens with one attached hydrogen (secondary N) is 1. The number of hydrogen-bond donors (Lipinski definition) is 1. The van der Waals surface area contributed by atoms with E-state index in [1.54, 1.807) is 24.3 Å². The molecule has 2 aromatic carbocycles. The van der Waals surface area contributed by atoms with Crippen molar-refractivity contribution in [2.45, 2.75) is 44.0 Å². The summed E-state index contributed by atoms with van der Waals surface area (Å²) in [6.45, 7) is 0.456. The Labute approximate surface area is 198 Å². The summed E-state index contributed by atoms with van der Waals surface area (Å²) < 4.78 is 56.0. The first-order valence-corrected chi connectivity index (χ1v) is 11.1. The normalized spacial score (nSPS) is 15.3. The topological polar surface area (TPSA) is 60.0 Å². The fraction of sp³-hybridized carbons (Fsp3) is 0.480. The summed E-state index contributed by atoms with van der Waals surface area (Å²) in [6.07, 6.45) is -0.322. The van der Waals surface area contributed by atoms with Gasteiger partial charge in [0.05, 0.1) is 19.8 Å². The van der Waals surface area contributed by atoms with E-state index in [-0.39, 0.29) is 29.6 Å². The van der Waals surface area contributed by atoms with E-state index >= 15 is 0 Å². The second-order valence-corrected chi connectivity index (χ2v) is 8.67. The van der Waals surface area contributed by atoms with Gasteiger partial charge in [-0.05, 0) is 56.8 Å². The second-order valence-electron chi connectivity index (χ2n) is 8.67. The number of alkyl halides is 3. The third kappa shape index (κ3) is 5.58. The molecule has 1 saturated carbocycles. The zero-order valence-corrected chi connectivity index (χ0v) is 19.9. The van der Waals surface area contributed by atoms with Crippen LogP contribution in [0, 0.1) is 0 Å². The van der Waals surface area contributed by atoms with Crippen molar-refractivity contribution in [1.29, 1.82) is 0 Å². The number of carbonyl (C=O) groups is 1. The number of amides is 1. The number of nitrogens with zero attached hydrogens (tertiary/aromatic N) is 1. The number of rotatable bonds is 9. The van der Waals surface area contributed by atoms with Crippen LogP contribution in [-0.2, 0) is 12.8 Å². The third-order valence-electron chi connectivity index (χ3n) is 6.44. The number of likely N-dealkylation sites (N-methyl/N-ethyl adjacent to an activating group) is 1. The van der Waals surface area contributed by atoms with Gasteiger partial charge in [0.15, 0.2) is 0 Å². The van der Waals surface area contributed by atoms with Crippen LogP contribution in [0.4, 0.5) is 13.2 Å².